The van der Waals surface area contributed by atoms with Gasteiger partial charge in [-0.05, 0) is 18.8 Å². The van der Waals surface area contributed by atoms with Gasteiger partial charge >= 0.3 is 6.03 Å². The van der Waals surface area contributed by atoms with Crippen molar-refractivity contribution >= 4 is 6.03 Å². The zero-order valence-corrected chi connectivity index (χ0v) is 10.5. The maximum Gasteiger partial charge on any atom is 0.315 e. The van der Waals surface area contributed by atoms with Crippen LogP contribution in [0.15, 0.2) is 12.2 Å². The van der Waals surface area contributed by atoms with Crippen LogP contribution in [-0.2, 0) is 0 Å². The molecule has 0 heterocycles. The smallest absolute Gasteiger partial charge is 0.315 e. The van der Waals surface area contributed by atoms with Gasteiger partial charge < -0.3 is 10.6 Å². The Balaban J connectivity index is 2.10. The third kappa shape index (κ3) is 5.79. The van der Waals surface area contributed by atoms with Gasteiger partial charge in [-0.1, -0.05) is 45.3 Å². The summed E-state index contributed by atoms with van der Waals surface area (Å²) in [6.07, 6.45) is 10.2. The Morgan fingerprint density at radius 1 is 1.31 bits per heavy atom. The van der Waals surface area contributed by atoms with Crippen molar-refractivity contribution in [2.75, 3.05) is 6.54 Å². The molecule has 1 aliphatic carbocycles. The molecule has 1 fully saturated rings. The number of nitrogens with one attached hydrogen (secondary N) is 2. The normalized spacial score (nSPS) is 17.9. The van der Waals surface area contributed by atoms with Crippen LogP contribution >= 0.6 is 0 Å². The lowest BCUT2D eigenvalue weighted by Gasteiger charge is -2.22. The van der Waals surface area contributed by atoms with Crippen molar-refractivity contribution in [3.8, 4) is 0 Å². The van der Waals surface area contributed by atoms with E-state index in [1.54, 1.807) is 0 Å². The monoisotopic (exact) mass is 224 g/mol. The largest absolute Gasteiger partial charge is 0.335 e. The van der Waals surface area contributed by atoms with Gasteiger partial charge in [-0.25, -0.2) is 4.79 Å². The van der Waals surface area contributed by atoms with Crippen LogP contribution in [0, 0.1) is 5.92 Å². The summed E-state index contributed by atoms with van der Waals surface area (Å²) in [5.41, 5.74) is 0. The van der Waals surface area contributed by atoms with E-state index in [-0.39, 0.29) is 6.03 Å². The summed E-state index contributed by atoms with van der Waals surface area (Å²) < 4.78 is 0. The molecule has 2 N–H and O–H groups in total. The van der Waals surface area contributed by atoms with E-state index in [0.29, 0.717) is 18.5 Å². The molecule has 1 rings (SSSR count). The van der Waals surface area contributed by atoms with E-state index in [0.717, 1.165) is 12.8 Å². The highest BCUT2D eigenvalue weighted by molar-refractivity contribution is 5.74. The van der Waals surface area contributed by atoms with E-state index in [2.05, 4.69) is 30.6 Å². The minimum atomic E-state index is -0.0275. The van der Waals surface area contributed by atoms with Crippen molar-refractivity contribution in [1.82, 2.24) is 10.6 Å². The molecule has 0 aliphatic heterocycles. The van der Waals surface area contributed by atoms with Crippen molar-refractivity contribution in [1.29, 1.82) is 0 Å². The van der Waals surface area contributed by atoms with Crippen LogP contribution < -0.4 is 10.6 Å². The lowest BCUT2D eigenvalue weighted by Crippen LogP contribution is -2.42. The first-order valence-corrected chi connectivity index (χ1v) is 6.39. The average Bonchev–Trinajstić information content (AvgIpc) is 2.25. The second-order valence-electron chi connectivity index (χ2n) is 4.86. The van der Waals surface area contributed by atoms with Crippen LogP contribution in [-0.4, -0.2) is 18.6 Å². The number of amides is 2. The predicted molar refractivity (Wildman–Crippen MR) is 67.4 cm³/mol. The molecule has 0 bridgehead atoms. The highest BCUT2D eigenvalue weighted by atomic mass is 16.2. The summed E-state index contributed by atoms with van der Waals surface area (Å²) >= 11 is 0. The van der Waals surface area contributed by atoms with Crippen LogP contribution in [0.2, 0.25) is 0 Å². The lowest BCUT2D eigenvalue weighted by molar-refractivity contribution is 0.233. The van der Waals surface area contributed by atoms with Gasteiger partial charge in [0.2, 0.25) is 0 Å². The number of hydrogen-bond acceptors (Lipinski definition) is 1. The molecule has 0 saturated heterocycles. The van der Waals surface area contributed by atoms with Gasteiger partial charge in [0.15, 0.2) is 0 Å². The van der Waals surface area contributed by atoms with Gasteiger partial charge in [0.05, 0.1) is 0 Å². The van der Waals surface area contributed by atoms with Crippen molar-refractivity contribution in [3.05, 3.63) is 12.2 Å². The summed E-state index contributed by atoms with van der Waals surface area (Å²) in [7, 11) is 0. The van der Waals surface area contributed by atoms with E-state index in [4.69, 9.17) is 0 Å². The second-order valence-corrected chi connectivity index (χ2v) is 4.86. The van der Waals surface area contributed by atoms with E-state index in [9.17, 15) is 4.79 Å². The molecule has 3 nitrogen and oxygen atoms in total. The van der Waals surface area contributed by atoms with Crippen molar-refractivity contribution in [2.45, 2.75) is 52.0 Å². The highest BCUT2D eigenvalue weighted by Crippen LogP contribution is 2.16. The number of carbonyl (C=O) groups excluding carboxylic acids is 1. The Bertz CT molecular complexity index is 230. The summed E-state index contributed by atoms with van der Waals surface area (Å²) in [4.78, 5) is 11.5. The molecule has 92 valence electrons. The summed E-state index contributed by atoms with van der Waals surface area (Å²) in [5.74, 6) is 0.545. The van der Waals surface area contributed by atoms with Gasteiger partial charge in [0.25, 0.3) is 0 Å². The fourth-order valence-corrected chi connectivity index (χ4v) is 1.98. The van der Waals surface area contributed by atoms with E-state index in [1.807, 2.05) is 6.08 Å². The van der Waals surface area contributed by atoms with Crippen molar-refractivity contribution in [3.63, 3.8) is 0 Å². The molecule has 16 heavy (non-hydrogen) atoms. The fourth-order valence-electron chi connectivity index (χ4n) is 1.98. The second kappa shape index (κ2) is 7.31. The number of carbonyl (C=O) groups is 1. The number of allylic oxidation sites excluding steroid dienone is 1. The Kier molecular flexibility index (Phi) is 5.98. The third-order valence-electron chi connectivity index (χ3n) is 2.84. The van der Waals surface area contributed by atoms with E-state index >= 15 is 0 Å². The molecule has 2 amide bonds. The lowest BCUT2D eigenvalue weighted by atomic mass is 9.96. The fraction of sp³-hybridized carbons (Fsp3) is 0.769. The maximum absolute atomic E-state index is 11.5. The number of hydrogen-bond donors (Lipinski definition) is 2. The molecular weight excluding hydrogens is 200 g/mol. The van der Waals surface area contributed by atoms with Crippen LogP contribution in [0.5, 0.6) is 0 Å². The molecule has 0 unspecified atom stereocenters. The molecule has 1 aliphatic rings. The molecule has 0 aromatic carbocycles. The summed E-state index contributed by atoms with van der Waals surface area (Å²) in [5, 5.41) is 5.87. The molecule has 1 saturated carbocycles. The topological polar surface area (TPSA) is 41.1 Å². The van der Waals surface area contributed by atoms with E-state index < -0.39 is 0 Å². The summed E-state index contributed by atoms with van der Waals surface area (Å²) in [6.45, 7) is 4.87. The standard InChI is InChI=1S/C13H24N2O/c1-11(2)7-6-10-14-13(16)15-12-8-4-3-5-9-12/h6-7,11-12H,3-5,8-10H2,1-2H3,(H2,14,15,16)/b7-6+. The van der Waals surface area contributed by atoms with Crippen molar-refractivity contribution < 1.29 is 4.79 Å². The SMILES string of the molecule is CC(C)/C=C/CNC(=O)NC1CCCCC1. The Hall–Kier alpha value is -0.990. The van der Waals surface area contributed by atoms with Crippen LogP contribution in [0.25, 0.3) is 0 Å². The van der Waals surface area contributed by atoms with Crippen molar-refractivity contribution in [2.24, 2.45) is 5.92 Å². The van der Waals surface area contributed by atoms with Gasteiger partial charge in [-0.2, -0.15) is 0 Å². The maximum atomic E-state index is 11.5. The number of urea groups is 1. The van der Waals surface area contributed by atoms with Crippen LogP contribution in [0.3, 0.4) is 0 Å². The molecule has 0 spiro atoms. The first-order valence-electron chi connectivity index (χ1n) is 6.39. The van der Waals surface area contributed by atoms with E-state index in [1.165, 1.54) is 19.3 Å². The molecular formula is C13H24N2O. The molecule has 0 aromatic rings. The molecule has 0 atom stereocenters. The minimum Gasteiger partial charge on any atom is -0.335 e. The summed E-state index contributed by atoms with van der Waals surface area (Å²) in [6, 6.07) is 0.364. The predicted octanol–water partition coefficient (Wildman–Crippen LogP) is 2.83. The van der Waals surface area contributed by atoms with Gasteiger partial charge in [-0.3, -0.25) is 0 Å². The minimum absolute atomic E-state index is 0.0275. The highest BCUT2D eigenvalue weighted by Gasteiger charge is 2.14. The average molecular weight is 224 g/mol. The quantitative estimate of drug-likeness (QED) is 0.708. The molecule has 3 heteroatoms. The first kappa shape index (κ1) is 13.1. The Morgan fingerprint density at radius 2 is 2.00 bits per heavy atom. The Morgan fingerprint density at radius 3 is 2.62 bits per heavy atom. The van der Waals surface area contributed by atoms with Gasteiger partial charge in [-0.15, -0.1) is 0 Å². The zero-order chi connectivity index (χ0) is 11.8. The first-order chi connectivity index (χ1) is 7.68. The zero-order valence-electron chi connectivity index (χ0n) is 10.5. The van der Waals surface area contributed by atoms with Gasteiger partial charge in [0, 0.05) is 12.6 Å². The molecule has 0 aromatic heterocycles. The number of rotatable bonds is 4. The van der Waals surface area contributed by atoms with Crippen LogP contribution in [0.4, 0.5) is 4.79 Å². The molecule has 0 radical (unpaired) electrons. The third-order valence-corrected chi connectivity index (χ3v) is 2.84. The Labute approximate surface area is 98.7 Å². The van der Waals surface area contributed by atoms with Crippen LogP contribution in [0.1, 0.15) is 46.0 Å². The van der Waals surface area contributed by atoms with Gasteiger partial charge in [0.1, 0.15) is 0 Å².